The Kier molecular flexibility index (Phi) is 5.00. The van der Waals surface area contributed by atoms with Crippen LogP contribution >= 0.6 is 0 Å². The highest BCUT2D eigenvalue weighted by Gasteiger charge is 2.02. The molecule has 0 bridgehead atoms. The first-order chi connectivity index (χ1) is 9.79. The summed E-state index contributed by atoms with van der Waals surface area (Å²) in [6.45, 7) is 4.75. The molecule has 0 aliphatic rings. The molecule has 0 fully saturated rings. The second-order valence-corrected chi connectivity index (χ2v) is 4.10. The van der Waals surface area contributed by atoms with E-state index >= 15 is 0 Å². The first-order valence-electron chi connectivity index (χ1n) is 6.31. The van der Waals surface area contributed by atoms with E-state index < -0.39 is 0 Å². The molecule has 6 heteroatoms. The Bertz CT molecular complexity index is 573. The van der Waals surface area contributed by atoms with Gasteiger partial charge in [-0.05, 0) is 18.1 Å². The molecular formula is C14H16FN5. The molecule has 104 valence electrons. The molecule has 0 atom stereocenters. The van der Waals surface area contributed by atoms with Crippen molar-refractivity contribution in [3.8, 4) is 0 Å². The third-order valence-electron chi connectivity index (χ3n) is 2.62. The highest BCUT2D eigenvalue weighted by molar-refractivity contribution is 5.37. The number of hydrogen-bond donors (Lipinski definition) is 2. The van der Waals surface area contributed by atoms with Crippen LogP contribution in [0.5, 0.6) is 0 Å². The second-order valence-electron chi connectivity index (χ2n) is 4.10. The van der Waals surface area contributed by atoms with E-state index in [-0.39, 0.29) is 5.82 Å². The van der Waals surface area contributed by atoms with Gasteiger partial charge in [-0.3, -0.25) is 0 Å². The predicted octanol–water partition coefficient (Wildman–Crippen LogP) is 2.26. The summed E-state index contributed by atoms with van der Waals surface area (Å²) < 4.78 is 13.4. The van der Waals surface area contributed by atoms with Crippen molar-refractivity contribution in [3.63, 3.8) is 0 Å². The molecule has 0 saturated carbocycles. The zero-order valence-electron chi connectivity index (χ0n) is 11.0. The summed E-state index contributed by atoms with van der Waals surface area (Å²) in [6.07, 6.45) is 3.82. The van der Waals surface area contributed by atoms with Gasteiger partial charge in [0.1, 0.15) is 5.82 Å². The Hall–Kier alpha value is -2.50. The lowest BCUT2D eigenvalue weighted by atomic mass is 10.1. The van der Waals surface area contributed by atoms with Crippen LogP contribution in [0.4, 0.5) is 16.2 Å². The number of anilines is 2. The van der Waals surface area contributed by atoms with Crippen molar-refractivity contribution in [2.45, 2.75) is 6.42 Å². The molecule has 1 aromatic carbocycles. The molecule has 0 radical (unpaired) electrons. The summed E-state index contributed by atoms with van der Waals surface area (Å²) in [5, 5.41) is 13.7. The van der Waals surface area contributed by atoms with Gasteiger partial charge in [0.25, 0.3) is 0 Å². The quantitative estimate of drug-likeness (QED) is 0.758. The highest BCUT2D eigenvalue weighted by atomic mass is 19.1. The van der Waals surface area contributed by atoms with Crippen LogP contribution in [-0.4, -0.2) is 28.3 Å². The number of hydrogen-bond acceptors (Lipinski definition) is 5. The SMILES string of the molecule is C=CCNc1cnnc(NCCc2ccccc2F)n1. The highest BCUT2D eigenvalue weighted by Crippen LogP contribution is 2.08. The van der Waals surface area contributed by atoms with Gasteiger partial charge in [0.15, 0.2) is 5.82 Å². The number of aromatic nitrogens is 3. The van der Waals surface area contributed by atoms with Crippen LogP contribution in [0.3, 0.4) is 0 Å². The molecule has 0 unspecified atom stereocenters. The molecule has 0 aliphatic heterocycles. The zero-order valence-corrected chi connectivity index (χ0v) is 11.0. The van der Waals surface area contributed by atoms with E-state index in [1.54, 1.807) is 18.2 Å². The summed E-state index contributed by atoms with van der Waals surface area (Å²) in [7, 11) is 0. The largest absolute Gasteiger partial charge is 0.365 e. The molecule has 5 nitrogen and oxygen atoms in total. The van der Waals surface area contributed by atoms with Gasteiger partial charge in [-0.15, -0.1) is 11.7 Å². The van der Waals surface area contributed by atoms with Crippen molar-refractivity contribution in [1.29, 1.82) is 0 Å². The summed E-state index contributed by atoms with van der Waals surface area (Å²) in [4.78, 5) is 4.23. The van der Waals surface area contributed by atoms with Gasteiger partial charge in [-0.25, -0.2) is 4.39 Å². The van der Waals surface area contributed by atoms with E-state index in [2.05, 4.69) is 32.4 Å². The van der Waals surface area contributed by atoms with Gasteiger partial charge in [0.05, 0.1) is 6.20 Å². The maximum absolute atomic E-state index is 13.4. The Morgan fingerprint density at radius 2 is 2.10 bits per heavy atom. The monoisotopic (exact) mass is 273 g/mol. The van der Waals surface area contributed by atoms with Crippen molar-refractivity contribution < 1.29 is 4.39 Å². The topological polar surface area (TPSA) is 62.7 Å². The number of nitrogens with zero attached hydrogens (tertiary/aromatic N) is 3. The fourth-order valence-electron chi connectivity index (χ4n) is 1.65. The molecule has 2 rings (SSSR count). The molecule has 0 spiro atoms. The lowest BCUT2D eigenvalue weighted by Gasteiger charge is -2.07. The fourth-order valence-corrected chi connectivity index (χ4v) is 1.65. The average Bonchev–Trinajstić information content (AvgIpc) is 2.48. The number of halogens is 1. The van der Waals surface area contributed by atoms with Crippen LogP contribution in [0, 0.1) is 5.82 Å². The number of nitrogens with one attached hydrogen (secondary N) is 2. The van der Waals surface area contributed by atoms with E-state index in [1.165, 1.54) is 12.3 Å². The van der Waals surface area contributed by atoms with Gasteiger partial charge < -0.3 is 10.6 Å². The van der Waals surface area contributed by atoms with Crippen LogP contribution < -0.4 is 10.6 Å². The van der Waals surface area contributed by atoms with E-state index in [0.29, 0.717) is 36.8 Å². The average molecular weight is 273 g/mol. The second kappa shape index (κ2) is 7.18. The smallest absolute Gasteiger partial charge is 0.244 e. The van der Waals surface area contributed by atoms with E-state index in [9.17, 15) is 4.39 Å². The normalized spacial score (nSPS) is 10.1. The first kappa shape index (κ1) is 13.9. The first-order valence-corrected chi connectivity index (χ1v) is 6.31. The minimum absolute atomic E-state index is 0.199. The van der Waals surface area contributed by atoms with Crippen molar-refractivity contribution in [3.05, 3.63) is 54.5 Å². The predicted molar refractivity (Wildman–Crippen MR) is 77.1 cm³/mol. The Balaban J connectivity index is 1.88. The molecule has 2 aromatic rings. The van der Waals surface area contributed by atoms with Crippen LogP contribution in [0.2, 0.25) is 0 Å². The van der Waals surface area contributed by atoms with Crippen molar-refractivity contribution >= 4 is 11.8 Å². The lowest BCUT2D eigenvalue weighted by molar-refractivity contribution is 0.610. The molecule has 0 amide bonds. The van der Waals surface area contributed by atoms with Crippen molar-refractivity contribution in [2.75, 3.05) is 23.7 Å². The van der Waals surface area contributed by atoms with Crippen LogP contribution in [-0.2, 0) is 6.42 Å². The van der Waals surface area contributed by atoms with Gasteiger partial charge in [0.2, 0.25) is 5.95 Å². The molecule has 1 aromatic heterocycles. The molecule has 20 heavy (non-hydrogen) atoms. The van der Waals surface area contributed by atoms with Gasteiger partial charge in [0, 0.05) is 13.1 Å². The molecule has 1 heterocycles. The Labute approximate surface area is 117 Å². The van der Waals surface area contributed by atoms with Crippen molar-refractivity contribution in [1.82, 2.24) is 15.2 Å². The third-order valence-corrected chi connectivity index (χ3v) is 2.62. The van der Waals surface area contributed by atoms with E-state index in [0.717, 1.165) is 0 Å². The van der Waals surface area contributed by atoms with Crippen LogP contribution in [0.1, 0.15) is 5.56 Å². The van der Waals surface area contributed by atoms with Crippen molar-refractivity contribution in [2.24, 2.45) is 0 Å². The Morgan fingerprint density at radius 3 is 2.90 bits per heavy atom. The fraction of sp³-hybridized carbons (Fsp3) is 0.214. The van der Waals surface area contributed by atoms with Gasteiger partial charge >= 0.3 is 0 Å². The third kappa shape index (κ3) is 4.01. The summed E-state index contributed by atoms with van der Waals surface area (Å²) in [6, 6.07) is 6.70. The van der Waals surface area contributed by atoms with Crippen LogP contribution in [0.25, 0.3) is 0 Å². The molecule has 0 saturated heterocycles. The lowest BCUT2D eigenvalue weighted by Crippen LogP contribution is -2.11. The maximum atomic E-state index is 13.4. The van der Waals surface area contributed by atoms with Gasteiger partial charge in [-0.2, -0.15) is 10.1 Å². The minimum Gasteiger partial charge on any atom is -0.365 e. The van der Waals surface area contributed by atoms with E-state index in [1.807, 2.05) is 6.07 Å². The number of benzene rings is 1. The summed E-state index contributed by atoms with van der Waals surface area (Å²) in [5.41, 5.74) is 0.661. The maximum Gasteiger partial charge on any atom is 0.244 e. The molecular weight excluding hydrogens is 257 g/mol. The van der Waals surface area contributed by atoms with Crippen LogP contribution in [0.15, 0.2) is 43.1 Å². The van der Waals surface area contributed by atoms with Gasteiger partial charge in [-0.1, -0.05) is 24.3 Å². The standard InChI is InChI=1S/C14H16FN5/c1-2-8-16-13-10-18-20-14(19-13)17-9-7-11-5-3-4-6-12(11)15/h2-6,10H,1,7-9H2,(H2,16,17,19,20). The Morgan fingerprint density at radius 1 is 1.25 bits per heavy atom. The number of rotatable bonds is 7. The van der Waals surface area contributed by atoms with E-state index in [4.69, 9.17) is 0 Å². The minimum atomic E-state index is -0.199. The molecule has 2 N–H and O–H groups in total. The molecule has 0 aliphatic carbocycles. The summed E-state index contributed by atoms with van der Waals surface area (Å²) >= 11 is 0. The summed E-state index contributed by atoms with van der Waals surface area (Å²) in [5.74, 6) is 0.832. The zero-order chi connectivity index (χ0) is 14.2.